The average Bonchev–Trinajstić information content (AvgIpc) is 3.05. The molecule has 118 valence electrons. The van der Waals surface area contributed by atoms with Crippen molar-refractivity contribution in [3.63, 3.8) is 0 Å². The van der Waals surface area contributed by atoms with Gasteiger partial charge in [-0.25, -0.2) is 4.98 Å². The molecule has 0 bridgehead atoms. The predicted molar refractivity (Wildman–Crippen MR) is 99.3 cm³/mol. The lowest BCUT2D eigenvalue weighted by Crippen LogP contribution is -2.11. The molecule has 0 saturated heterocycles. The van der Waals surface area contributed by atoms with Gasteiger partial charge in [-0.15, -0.1) is 22.7 Å². The van der Waals surface area contributed by atoms with Crippen LogP contribution in [0.2, 0.25) is 8.67 Å². The number of carbonyl (C=O) groups excluding carboxylic acids is 1. The maximum Gasteiger partial charge on any atom is 0.259 e. The highest BCUT2D eigenvalue weighted by Crippen LogP contribution is 2.32. The minimum Gasteiger partial charge on any atom is -0.298 e. The maximum atomic E-state index is 12.2. The van der Waals surface area contributed by atoms with E-state index in [2.05, 4.69) is 23.3 Å². The Morgan fingerprint density at radius 3 is 2.65 bits per heavy atom. The number of nitrogens with zero attached hydrogens (tertiary/aromatic N) is 1. The van der Waals surface area contributed by atoms with Crippen LogP contribution < -0.4 is 5.32 Å². The Bertz CT molecular complexity index is 886. The van der Waals surface area contributed by atoms with Crippen molar-refractivity contribution in [2.24, 2.45) is 0 Å². The molecule has 0 aliphatic carbocycles. The predicted octanol–water partition coefficient (Wildman–Crippen LogP) is 6.05. The number of thiophene rings is 1. The molecular formula is C16H12Cl2N2OS2. The largest absolute Gasteiger partial charge is 0.298 e. The van der Waals surface area contributed by atoms with E-state index >= 15 is 0 Å². The van der Waals surface area contributed by atoms with E-state index in [1.54, 1.807) is 6.07 Å². The molecule has 1 amide bonds. The zero-order valence-corrected chi connectivity index (χ0v) is 15.5. The Morgan fingerprint density at radius 2 is 2.00 bits per heavy atom. The Morgan fingerprint density at radius 1 is 1.22 bits per heavy atom. The molecule has 0 aliphatic rings. The van der Waals surface area contributed by atoms with Crippen LogP contribution in [0, 0.1) is 13.8 Å². The van der Waals surface area contributed by atoms with Crippen LogP contribution in [0.1, 0.15) is 21.5 Å². The second kappa shape index (κ2) is 6.61. The molecule has 0 atom stereocenters. The van der Waals surface area contributed by atoms with Crippen molar-refractivity contribution in [2.75, 3.05) is 5.32 Å². The molecule has 23 heavy (non-hydrogen) atoms. The number of aromatic nitrogens is 1. The summed E-state index contributed by atoms with van der Waals surface area (Å²) in [6.45, 7) is 4.10. The lowest BCUT2D eigenvalue weighted by atomic mass is 10.0. The highest BCUT2D eigenvalue weighted by atomic mass is 35.5. The third-order valence-electron chi connectivity index (χ3n) is 3.28. The molecule has 0 spiro atoms. The molecule has 0 aliphatic heterocycles. The average molecular weight is 383 g/mol. The third-order valence-corrected chi connectivity index (χ3v) is 5.53. The monoisotopic (exact) mass is 382 g/mol. The van der Waals surface area contributed by atoms with E-state index in [1.165, 1.54) is 28.2 Å². The van der Waals surface area contributed by atoms with E-state index in [0.717, 1.165) is 16.8 Å². The smallest absolute Gasteiger partial charge is 0.259 e. The molecule has 2 aromatic heterocycles. The second-order valence-electron chi connectivity index (χ2n) is 5.05. The lowest BCUT2D eigenvalue weighted by molar-refractivity contribution is 0.102. The van der Waals surface area contributed by atoms with E-state index in [0.29, 0.717) is 19.4 Å². The number of nitrogens with one attached hydrogen (secondary N) is 1. The number of carbonyl (C=O) groups is 1. The molecule has 2 heterocycles. The Labute approximate surface area is 151 Å². The summed E-state index contributed by atoms with van der Waals surface area (Å²) in [6.07, 6.45) is 0. The van der Waals surface area contributed by atoms with Gasteiger partial charge in [0.1, 0.15) is 4.34 Å². The number of benzene rings is 1. The van der Waals surface area contributed by atoms with Crippen molar-refractivity contribution < 1.29 is 4.79 Å². The van der Waals surface area contributed by atoms with E-state index in [1.807, 2.05) is 24.4 Å². The van der Waals surface area contributed by atoms with Gasteiger partial charge in [-0.3, -0.25) is 10.1 Å². The standard InChI is InChI=1S/C16H12Cl2N2OS2/c1-8-3-4-10(9(2)5-8)12-7-22-16(19-12)20-15(21)11-6-13(17)23-14(11)18/h3-7H,1-2H3,(H,19,20,21). The summed E-state index contributed by atoms with van der Waals surface area (Å²) in [7, 11) is 0. The molecule has 3 rings (SSSR count). The second-order valence-corrected chi connectivity index (χ2v) is 8.19. The number of halogens is 2. The summed E-state index contributed by atoms with van der Waals surface area (Å²) in [5, 5.41) is 5.22. The van der Waals surface area contributed by atoms with E-state index in [9.17, 15) is 4.79 Å². The Hall–Kier alpha value is -1.40. The summed E-state index contributed by atoms with van der Waals surface area (Å²) in [5.74, 6) is -0.306. The molecule has 3 nitrogen and oxygen atoms in total. The zero-order chi connectivity index (χ0) is 16.6. The summed E-state index contributed by atoms with van der Waals surface area (Å²) < 4.78 is 0.855. The lowest BCUT2D eigenvalue weighted by Gasteiger charge is -2.03. The van der Waals surface area contributed by atoms with Crippen molar-refractivity contribution in [1.82, 2.24) is 4.98 Å². The van der Waals surface area contributed by atoms with Gasteiger partial charge in [0, 0.05) is 10.9 Å². The van der Waals surface area contributed by atoms with Crippen molar-refractivity contribution in [2.45, 2.75) is 13.8 Å². The van der Waals surface area contributed by atoms with Crippen LogP contribution in [0.25, 0.3) is 11.3 Å². The van der Waals surface area contributed by atoms with E-state index in [4.69, 9.17) is 23.2 Å². The molecule has 0 fully saturated rings. The van der Waals surface area contributed by atoms with Gasteiger partial charge < -0.3 is 0 Å². The summed E-state index contributed by atoms with van der Waals surface area (Å²) in [6, 6.07) is 7.76. The first-order valence-corrected chi connectivity index (χ1v) is 9.18. The quantitative estimate of drug-likeness (QED) is 0.598. The van der Waals surface area contributed by atoms with Crippen LogP contribution >= 0.6 is 45.9 Å². The van der Waals surface area contributed by atoms with Crippen LogP contribution in [0.15, 0.2) is 29.6 Å². The van der Waals surface area contributed by atoms with E-state index in [-0.39, 0.29) is 5.91 Å². The summed E-state index contributed by atoms with van der Waals surface area (Å²) >= 11 is 14.4. The highest BCUT2D eigenvalue weighted by Gasteiger charge is 2.16. The number of aryl methyl sites for hydroxylation is 2. The highest BCUT2D eigenvalue weighted by molar-refractivity contribution is 7.20. The zero-order valence-electron chi connectivity index (χ0n) is 12.3. The number of amides is 1. The van der Waals surface area contributed by atoms with Crippen LogP contribution in [0.3, 0.4) is 0 Å². The number of hydrogen-bond acceptors (Lipinski definition) is 4. The minimum atomic E-state index is -0.306. The van der Waals surface area contributed by atoms with Crippen LogP contribution in [-0.4, -0.2) is 10.9 Å². The fourth-order valence-electron chi connectivity index (χ4n) is 2.22. The van der Waals surface area contributed by atoms with Gasteiger partial charge in [0.05, 0.1) is 15.6 Å². The van der Waals surface area contributed by atoms with Crippen molar-refractivity contribution in [1.29, 1.82) is 0 Å². The van der Waals surface area contributed by atoms with Gasteiger partial charge in [-0.05, 0) is 25.5 Å². The molecule has 7 heteroatoms. The van der Waals surface area contributed by atoms with Gasteiger partial charge in [0.15, 0.2) is 5.13 Å². The number of anilines is 1. The number of rotatable bonds is 3. The third kappa shape index (κ3) is 3.58. The molecule has 1 N–H and O–H groups in total. The molecule has 0 radical (unpaired) electrons. The normalized spacial score (nSPS) is 10.8. The van der Waals surface area contributed by atoms with Gasteiger partial charge in [0.2, 0.25) is 0 Å². The SMILES string of the molecule is Cc1ccc(-c2csc(NC(=O)c3cc(Cl)sc3Cl)n2)c(C)c1. The van der Waals surface area contributed by atoms with E-state index < -0.39 is 0 Å². The van der Waals surface area contributed by atoms with Gasteiger partial charge in [-0.1, -0.05) is 47.0 Å². The fraction of sp³-hybridized carbons (Fsp3) is 0.125. The molecule has 1 aromatic carbocycles. The van der Waals surface area contributed by atoms with Crippen LogP contribution in [0.5, 0.6) is 0 Å². The molecule has 0 unspecified atom stereocenters. The first-order chi connectivity index (χ1) is 10.9. The molecule has 0 saturated carbocycles. The van der Waals surface area contributed by atoms with Gasteiger partial charge in [-0.2, -0.15) is 0 Å². The Kier molecular flexibility index (Phi) is 4.73. The topological polar surface area (TPSA) is 42.0 Å². The summed E-state index contributed by atoms with van der Waals surface area (Å²) in [5.41, 5.74) is 4.63. The minimum absolute atomic E-state index is 0.306. The first kappa shape index (κ1) is 16.5. The van der Waals surface area contributed by atoms with Crippen LogP contribution in [-0.2, 0) is 0 Å². The van der Waals surface area contributed by atoms with Crippen LogP contribution in [0.4, 0.5) is 5.13 Å². The molecule has 3 aromatic rings. The Balaban J connectivity index is 1.82. The first-order valence-electron chi connectivity index (χ1n) is 6.73. The van der Waals surface area contributed by atoms with Gasteiger partial charge in [0.25, 0.3) is 5.91 Å². The molecular weight excluding hydrogens is 371 g/mol. The van der Waals surface area contributed by atoms with Crippen molar-refractivity contribution >= 4 is 56.9 Å². The van der Waals surface area contributed by atoms with Crippen molar-refractivity contribution in [3.05, 3.63) is 55.0 Å². The summed E-state index contributed by atoms with van der Waals surface area (Å²) in [4.78, 5) is 16.7. The number of hydrogen-bond donors (Lipinski definition) is 1. The van der Waals surface area contributed by atoms with Crippen molar-refractivity contribution in [3.8, 4) is 11.3 Å². The number of thiazole rings is 1. The maximum absolute atomic E-state index is 12.2. The van der Waals surface area contributed by atoms with Gasteiger partial charge >= 0.3 is 0 Å². The fourth-order valence-corrected chi connectivity index (χ4v) is 4.38.